The predicted octanol–water partition coefficient (Wildman–Crippen LogP) is 2.96. The molecule has 0 saturated heterocycles. The highest BCUT2D eigenvalue weighted by Gasteiger charge is 2.23. The molecule has 0 unspecified atom stereocenters. The third-order valence-corrected chi connectivity index (χ3v) is 3.03. The Bertz CT molecular complexity index is 409. The Kier molecular flexibility index (Phi) is 3.19. The smallest absolute Gasteiger partial charge is 0.216 e. The van der Waals surface area contributed by atoms with E-state index in [9.17, 15) is 5.11 Å². The highest BCUT2D eigenvalue weighted by atomic mass is 79.9. The van der Waals surface area contributed by atoms with Gasteiger partial charge in [0.2, 0.25) is 5.90 Å². The van der Waals surface area contributed by atoms with Crippen molar-refractivity contribution in [3.05, 3.63) is 28.2 Å². The summed E-state index contributed by atoms with van der Waals surface area (Å²) in [5.41, 5.74) is 0.815. The molecule has 0 aromatic heterocycles. The summed E-state index contributed by atoms with van der Waals surface area (Å²) >= 11 is 3.33. The van der Waals surface area contributed by atoms with Gasteiger partial charge >= 0.3 is 0 Å². The fourth-order valence-electron chi connectivity index (χ4n) is 1.59. The zero-order chi connectivity index (χ0) is 11.7. The molecular formula is C12H14BrNO2. The monoisotopic (exact) mass is 283 g/mol. The van der Waals surface area contributed by atoms with Crippen LogP contribution in [0, 0.1) is 5.92 Å². The van der Waals surface area contributed by atoms with E-state index in [1.54, 1.807) is 12.1 Å². The molecule has 86 valence electrons. The van der Waals surface area contributed by atoms with Crippen LogP contribution in [0.5, 0.6) is 5.75 Å². The van der Waals surface area contributed by atoms with Crippen molar-refractivity contribution >= 4 is 21.8 Å². The Balaban J connectivity index is 2.28. The maximum atomic E-state index is 9.49. The summed E-state index contributed by atoms with van der Waals surface area (Å²) in [6, 6.07) is 5.41. The third kappa shape index (κ3) is 2.38. The van der Waals surface area contributed by atoms with Crippen molar-refractivity contribution in [1.29, 1.82) is 0 Å². The zero-order valence-electron chi connectivity index (χ0n) is 9.27. The van der Waals surface area contributed by atoms with E-state index in [2.05, 4.69) is 34.8 Å². The Hall–Kier alpha value is -1.03. The average Bonchev–Trinajstić information content (AvgIpc) is 2.64. The number of phenolic OH excluding ortho intramolecular Hbond substituents is 1. The van der Waals surface area contributed by atoms with Crippen molar-refractivity contribution < 1.29 is 9.84 Å². The van der Waals surface area contributed by atoms with E-state index >= 15 is 0 Å². The Morgan fingerprint density at radius 1 is 1.44 bits per heavy atom. The van der Waals surface area contributed by atoms with Gasteiger partial charge in [-0.15, -0.1) is 0 Å². The van der Waals surface area contributed by atoms with Crippen LogP contribution in [0.15, 0.2) is 27.7 Å². The number of benzene rings is 1. The molecule has 3 nitrogen and oxygen atoms in total. The fourth-order valence-corrected chi connectivity index (χ4v) is 2.07. The van der Waals surface area contributed by atoms with Gasteiger partial charge in [0.1, 0.15) is 12.4 Å². The quantitative estimate of drug-likeness (QED) is 0.907. The number of phenols is 1. The zero-order valence-corrected chi connectivity index (χ0v) is 10.9. The van der Waals surface area contributed by atoms with Gasteiger partial charge in [0.05, 0.1) is 6.04 Å². The highest BCUT2D eigenvalue weighted by molar-refractivity contribution is 9.10. The maximum Gasteiger partial charge on any atom is 0.216 e. The minimum absolute atomic E-state index is 0.212. The number of halogens is 1. The molecule has 1 aromatic carbocycles. The van der Waals surface area contributed by atoms with Gasteiger partial charge in [0.25, 0.3) is 0 Å². The lowest BCUT2D eigenvalue weighted by Gasteiger charge is -2.06. The minimum Gasteiger partial charge on any atom is -0.508 e. The molecule has 0 bridgehead atoms. The number of nitrogens with zero attached hydrogens (tertiary/aromatic N) is 1. The van der Waals surface area contributed by atoms with Crippen molar-refractivity contribution in [1.82, 2.24) is 0 Å². The number of aliphatic imine (C=N–C) groups is 1. The number of rotatable bonds is 2. The first-order valence-electron chi connectivity index (χ1n) is 5.27. The van der Waals surface area contributed by atoms with Crippen LogP contribution in [-0.2, 0) is 4.74 Å². The SMILES string of the molecule is CC(C)[C@@H]1COC(c2cc(O)cc(Br)c2)=N1. The van der Waals surface area contributed by atoms with Gasteiger partial charge in [-0.3, -0.25) is 0 Å². The first-order chi connectivity index (χ1) is 7.56. The van der Waals surface area contributed by atoms with Gasteiger partial charge in [-0.2, -0.15) is 0 Å². The predicted molar refractivity (Wildman–Crippen MR) is 66.9 cm³/mol. The van der Waals surface area contributed by atoms with Crippen LogP contribution in [0.25, 0.3) is 0 Å². The fraction of sp³-hybridized carbons (Fsp3) is 0.417. The largest absolute Gasteiger partial charge is 0.508 e. The number of hydrogen-bond acceptors (Lipinski definition) is 3. The van der Waals surface area contributed by atoms with Crippen LogP contribution >= 0.6 is 15.9 Å². The number of ether oxygens (including phenoxy) is 1. The summed E-state index contributed by atoms with van der Waals surface area (Å²) in [6.07, 6.45) is 0. The van der Waals surface area contributed by atoms with E-state index < -0.39 is 0 Å². The lowest BCUT2D eigenvalue weighted by Crippen LogP contribution is -2.13. The lowest BCUT2D eigenvalue weighted by molar-refractivity contribution is 0.291. The van der Waals surface area contributed by atoms with Crippen molar-refractivity contribution in [3.63, 3.8) is 0 Å². The molecule has 1 aromatic rings. The second-order valence-electron chi connectivity index (χ2n) is 4.25. The van der Waals surface area contributed by atoms with Crippen LogP contribution in [0.2, 0.25) is 0 Å². The highest BCUT2D eigenvalue weighted by Crippen LogP contribution is 2.24. The summed E-state index contributed by atoms with van der Waals surface area (Å²) in [4.78, 5) is 4.50. The van der Waals surface area contributed by atoms with E-state index in [0.717, 1.165) is 10.0 Å². The summed E-state index contributed by atoms with van der Waals surface area (Å²) in [6.45, 7) is 4.87. The maximum absolute atomic E-state index is 9.49. The average molecular weight is 284 g/mol. The minimum atomic E-state index is 0.212. The molecule has 0 fully saturated rings. The molecule has 1 heterocycles. The first-order valence-corrected chi connectivity index (χ1v) is 6.06. The van der Waals surface area contributed by atoms with E-state index in [4.69, 9.17) is 4.74 Å². The van der Waals surface area contributed by atoms with Gasteiger partial charge in [0, 0.05) is 10.0 Å². The molecule has 1 aliphatic rings. The van der Waals surface area contributed by atoms with Gasteiger partial charge < -0.3 is 9.84 Å². The molecule has 0 spiro atoms. The van der Waals surface area contributed by atoms with Crippen LogP contribution in [0.4, 0.5) is 0 Å². The molecule has 2 rings (SSSR count). The molecular weight excluding hydrogens is 270 g/mol. The van der Waals surface area contributed by atoms with Gasteiger partial charge in [-0.05, 0) is 24.1 Å². The van der Waals surface area contributed by atoms with Crippen LogP contribution < -0.4 is 0 Å². The third-order valence-electron chi connectivity index (χ3n) is 2.57. The second-order valence-corrected chi connectivity index (χ2v) is 5.17. The molecule has 0 amide bonds. The van der Waals surface area contributed by atoms with Crippen molar-refractivity contribution in [2.45, 2.75) is 19.9 Å². The normalized spacial score (nSPS) is 19.8. The number of aromatic hydroxyl groups is 1. The molecule has 0 saturated carbocycles. The van der Waals surface area contributed by atoms with Crippen molar-refractivity contribution in [3.8, 4) is 5.75 Å². The molecule has 1 atom stereocenters. The van der Waals surface area contributed by atoms with Crippen LogP contribution in [0.1, 0.15) is 19.4 Å². The van der Waals surface area contributed by atoms with Crippen LogP contribution in [0.3, 0.4) is 0 Å². The Labute approximate surface area is 103 Å². The van der Waals surface area contributed by atoms with Crippen molar-refractivity contribution in [2.24, 2.45) is 10.9 Å². The summed E-state index contributed by atoms with van der Waals surface area (Å²) in [5, 5.41) is 9.49. The summed E-state index contributed by atoms with van der Waals surface area (Å²) in [7, 11) is 0. The molecule has 1 N–H and O–H groups in total. The van der Waals surface area contributed by atoms with Crippen LogP contribution in [-0.4, -0.2) is 23.7 Å². The summed E-state index contributed by atoms with van der Waals surface area (Å²) in [5.74, 6) is 1.30. The topological polar surface area (TPSA) is 41.8 Å². The summed E-state index contributed by atoms with van der Waals surface area (Å²) < 4.78 is 6.36. The Morgan fingerprint density at radius 3 is 2.75 bits per heavy atom. The van der Waals surface area contributed by atoms with E-state index in [0.29, 0.717) is 18.4 Å². The van der Waals surface area contributed by atoms with E-state index in [1.807, 2.05) is 6.07 Å². The van der Waals surface area contributed by atoms with E-state index in [1.165, 1.54) is 0 Å². The molecule has 1 aliphatic heterocycles. The Morgan fingerprint density at radius 2 is 2.19 bits per heavy atom. The molecule has 0 aliphatic carbocycles. The number of hydrogen-bond donors (Lipinski definition) is 1. The van der Waals surface area contributed by atoms with Gasteiger partial charge in [-0.25, -0.2) is 4.99 Å². The lowest BCUT2D eigenvalue weighted by atomic mass is 10.1. The molecule has 0 radical (unpaired) electrons. The van der Waals surface area contributed by atoms with Crippen molar-refractivity contribution in [2.75, 3.05) is 6.61 Å². The van der Waals surface area contributed by atoms with Gasteiger partial charge in [-0.1, -0.05) is 29.8 Å². The van der Waals surface area contributed by atoms with Gasteiger partial charge in [0.15, 0.2) is 0 Å². The van der Waals surface area contributed by atoms with E-state index in [-0.39, 0.29) is 11.8 Å². The molecule has 4 heteroatoms. The second kappa shape index (κ2) is 4.45. The molecule has 16 heavy (non-hydrogen) atoms. The standard InChI is InChI=1S/C12H14BrNO2/c1-7(2)11-6-16-12(14-11)8-3-9(13)5-10(15)4-8/h3-5,7,11,15H,6H2,1-2H3/t11-/m0/s1. The first kappa shape index (κ1) is 11.5.